The second-order valence-corrected chi connectivity index (χ2v) is 4.96. The van der Waals surface area contributed by atoms with Gasteiger partial charge in [-0.05, 0) is 31.2 Å². The molecule has 2 aromatic rings. The lowest BCUT2D eigenvalue weighted by molar-refractivity contribution is 0.103. The Balaban J connectivity index is 2.48. The van der Waals surface area contributed by atoms with E-state index in [9.17, 15) is 4.79 Å². The average molecular weight is 305 g/mol. The van der Waals surface area contributed by atoms with Gasteiger partial charge in [-0.3, -0.25) is 4.79 Å². The Labute approximate surface area is 115 Å². The molecule has 0 aliphatic rings. The topological polar surface area (TPSA) is 26.3 Å². The molecule has 2 rings (SSSR count). The summed E-state index contributed by atoms with van der Waals surface area (Å²) in [4.78, 5) is 12.4. The standard InChI is InChI=1S/C15H13BrO2/c1-10-4-3-5-11(8-10)15(17)13-9-12(16)6-7-14(13)18-2/h3-9H,1-2H3. The molecule has 18 heavy (non-hydrogen) atoms. The number of benzene rings is 2. The summed E-state index contributed by atoms with van der Waals surface area (Å²) >= 11 is 3.37. The van der Waals surface area contributed by atoms with E-state index < -0.39 is 0 Å². The number of hydrogen-bond donors (Lipinski definition) is 0. The molecule has 0 amide bonds. The van der Waals surface area contributed by atoms with E-state index in [1.807, 2.05) is 37.3 Å². The maximum atomic E-state index is 12.4. The SMILES string of the molecule is COc1ccc(Br)cc1C(=O)c1cccc(C)c1. The first-order valence-electron chi connectivity index (χ1n) is 5.56. The van der Waals surface area contributed by atoms with Crippen LogP contribution in [-0.2, 0) is 0 Å². The molecule has 92 valence electrons. The van der Waals surface area contributed by atoms with Gasteiger partial charge in [-0.1, -0.05) is 39.7 Å². The third-order valence-electron chi connectivity index (χ3n) is 2.69. The Hall–Kier alpha value is -1.61. The van der Waals surface area contributed by atoms with Crippen molar-refractivity contribution in [1.29, 1.82) is 0 Å². The molecular weight excluding hydrogens is 292 g/mol. The number of rotatable bonds is 3. The van der Waals surface area contributed by atoms with Crippen LogP contribution in [0.3, 0.4) is 0 Å². The first-order valence-corrected chi connectivity index (χ1v) is 6.36. The highest BCUT2D eigenvalue weighted by atomic mass is 79.9. The van der Waals surface area contributed by atoms with Crippen molar-refractivity contribution in [3.05, 3.63) is 63.6 Å². The summed E-state index contributed by atoms with van der Waals surface area (Å²) in [5, 5.41) is 0. The molecule has 0 bridgehead atoms. The van der Waals surface area contributed by atoms with Crippen LogP contribution < -0.4 is 4.74 Å². The molecule has 0 aliphatic heterocycles. The van der Waals surface area contributed by atoms with Crippen molar-refractivity contribution in [3.8, 4) is 5.75 Å². The average Bonchev–Trinajstić information content (AvgIpc) is 2.38. The summed E-state index contributed by atoms with van der Waals surface area (Å²) in [5.74, 6) is 0.557. The zero-order chi connectivity index (χ0) is 13.1. The quantitative estimate of drug-likeness (QED) is 0.801. The molecule has 0 saturated carbocycles. The highest BCUT2D eigenvalue weighted by Gasteiger charge is 2.14. The fourth-order valence-electron chi connectivity index (χ4n) is 1.80. The Morgan fingerprint density at radius 2 is 1.94 bits per heavy atom. The summed E-state index contributed by atoms with van der Waals surface area (Å²) in [7, 11) is 1.57. The van der Waals surface area contributed by atoms with E-state index in [1.54, 1.807) is 19.2 Å². The molecule has 0 aromatic heterocycles. The van der Waals surface area contributed by atoms with Gasteiger partial charge in [-0.2, -0.15) is 0 Å². The van der Waals surface area contributed by atoms with E-state index in [2.05, 4.69) is 15.9 Å². The van der Waals surface area contributed by atoms with Gasteiger partial charge >= 0.3 is 0 Å². The minimum atomic E-state index is -0.0307. The molecule has 0 aliphatic carbocycles. The highest BCUT2D eigenvalue weighted by Crippen LogP contribution is 2.25. The van der Waals surface area contributed by atoms with E-state index in [0.717, 1.165) is 10.0 Å². The van der Waals surface area contributed by atoms with Crippen LogP contribution >= 0.6 is 15.9 Å². The Bertz CT molecular complexity index is 591. The van der Waals surface area contributed by atoms with Crippen LogP contribution in [0.2, 0.25) is 0 Å². The molecule has 0 fully saturated rings. The number of aryl methyl sites for hydroxylation is 1. The predicted molar refractivity (Wildman–Crippen MR) is 75.3 cm³/mol. The van der Waals surface area contributed by atoms with Crippen molar-refractivity contribution >= 4 is 21.7 Å². The largest absolute Gasteiger partial charge is 0.496 e. The van der Waals surface area contributed by atoms with Crippen molar-refractivity contribution in [1.82, 2.24) is 0 Å². The minimum absolute atomic E-state index is 0.0307. The Kier molecular flexibility index (Phi) is 3.82. The molecule has 0 atom stereocenters. The molecule has 0 spiro atoms. The molecule has 0 heterocycles. The van der Waals surface area contributed by atoms with E-state index in [4.69, 9.17) is 4.74 Å². The van der Waals surface area contributed by atoms with E-state index in [-0.39, 0.29) is 5.78 Å². The van der Waals surface area contributed by atoms with Gasteiger partial charge in [0.15, 0.2) is 5.78 Å². The Morgan fingerprint density at radius 3 is 2.61 bits per heavy atom. The highest BCUT2D eigenvalue weighted by molar-refractivity contribution is 9.10. The lowest BCUT2D eigenvalue weighted by Gasteiger charge is -2.08. The molecule has 3 heteroatoms. The van der Waals surface area contributed by atoms with Gasteiger partial charge in [-0.25, -0.2) is 0 Å². The third kappa shape index (κ3) is 2.62. The van der Waals surface area contributed by atoms with Gasteiger partial charge in [0.25, 0.3) is 0 Å². The van der Waals surface area contributed by atoms with Crippen LogP contribution in [0.5, 0.6) is 5.75 Å². The normalized spacial score (nSPS) is 10.2. The fourth-order valence-corrected chi connectivity index (χ4v) is 2.16. The van der Waals surface area contributed by atoms with Crippen molar-refractivity contribution in [3.63, 3.8) is 0 Å². The van der Waals surface area contributed by atoms with Gasteiger partial charge < -0.3 is 4.74 Å². The van der Waals surface area contributed by atoms with Gasteiger partial charge in [-0.15, -0.1) is 0 Å². The predicted octanol–water partition coefficient (Wildman–Crippen LogP) is 4.00. The van der Waals surface area contributed by atoms with Crippen LogP contribution in [0, 0.1) is 6.92 Å². The number of carbonyl (C=O) groups excluding carboxylic acids is 1. The van der Waals surface area contributed by atoms with Crippen LogP contribution in [0.25, 0.3) is 0 Å². The van der Waals surface area contributed by atoms with Crippen LogP contribution in [0.15, 0.2) is 46.9 Å². The number of halogens is 1. The summed E-state index contributed by atoms with van der Waals surface area (Å²) < 4.78 is 6.09. The van der Waals surface area contributed by atoms with Gasteiger partial charge in [0.05, 0.1) is 12.7 Å². The number of carbonyl (C=O) groups is 1. The lowest BCUT2D eigenvalue weighted by Crippen LogP contribution is -2.04. The number of ether oxygens (including phenoxy) is 1. The fraction of sp³-hybridized carbons (Fsp3) is 0.133. The smallest absolute Gasteiger partial charge is 0.196 e. The summed E-state index contributed by atoms with van der Waals surface area (Å²) in [6.45, 7) is 1.97. The number of ketones is 1. The summed E-state index contributed by atoms with van der Waals surface area (Å²) in [5.41, 5.74) is 2.30. The summed E-state index contributed by atoms with van der Waals surface area (Å²) in [6.07, 6.45) is 0. The van der Waals surface area contributed by atoms with Gasteiger partial charge in [0.1, 0.15) is 5.75 Å². The number of hydrogen-bond acceptors (Lipinski definition) is 2. The van der Waals surface area contributed by atoms with Gasteiger partial charge in [0.2, 0.25) is 0 Å². The van der Waals surface area contributed by atoms with Crippen molar-refractivity contribution in [2.75, 3.05) is 7.11 Å². The second-order valence-electron chi connectivity index (χ2n) is 4.04. The molecule has 2 nitrogen and oxygen atoms in total. The van der Waals surface area contributed by atoms with Crippen LogP contribution in [0.4, 0.5) is 0 Å². The van der Waals surface area contributed by atoms with Gasteiger partial charge in [0, 0.05) is 10.0 Å². The molecule has 0 radical (unpaired) electrons. The molecule has 0 unspecified atom stereocenters. The number of methoxy groups -OCH3 is 1. The maximum absolute atomic E-state index is 12.4. The minimum Gasteiger partial charge on any atom is -0.496 e. The Morgan fingerprint density at radius 1 is 1.17 bits per heavy atom. The van der Waals surface area contributed by atoms with Crippen molar-refractivity contribution < 1.29 is 9.53 Å². The first kappa shape index (κ1) is 12.8. The third-order valence-corrected chi connectivity index (χ3v) is 3.18. The molecular formula is C15H13BrO2. The molecule has 0 saturated heterocycles. The zero-order valence-corrected chi connectivity index (χ0v) is 11.8. The molecule has 2 aromatic carbocycles. The second kappa shape index (κ2) is 5.36. The zero-order valence-electron chi connectivity index (χ0n) is 10.2. The van der Waals surface area contributed by atoms with E-state index >= 15 is 0 Å². The molecule has 0 N–H and O–H groups in total. The van der Waals surface area contributed by atoms with Crippen LogP contribution in [0.1, 0.15) is 21.5 Å². The maximum Gasteiger partial charge on any atom is 0.196 e. The summed E-state index contributed by atoms with van der Waals surface area (Å²) in [6, 6.07) is 13.0. The monoisotopic (exact) mass is 304 g/mol. The first-order chi connectivity index (χ1) is 8.61. The van der Waals surface area contributed by atoms with Crippen molar-refractivity contribution in [2.24, 2.45) is 0 Å². The lowest BCUT2D eigenvalue weighted by atomic mass is 10.0. The van der Waals surface area contributed by atoms with E-state index in [1.165, 1.54) is 0 Å². The van der Waals surface area contributed by atoms with Crippen LogP contribution in [-0.4, -0.2) is 12.9 Å². The van der Waals surface area contributed by atoms with Crippen molar-refractivity contribution in [2.45, 2.75) is 6.92 Å². The van der Waals surface area contributed by atoms with E-state index in [0.29, 0.717) is 16.9 Å².